The highest BCUT2D eigenvalue weighted by atomic mass is 19.1. The van der Waals surface area contributed by atoms with Crippen molar-refractivity contribution in [2.24, 2.45) is 5.73 Å². The number of primary amides is 1. The summed E-state index contributed by atoms with van der Waals surface area (Å²) in [5.74, 6) is -0.986. The quantitative estimate of drug-likeness (QED) is 0.562. The zero-order valence-corrected chi connectivity index (χ0v) is 17.4. The molecule has 0 unspecified atom stereocenters. The average Bonchev–Trinajstić information content (AvgIpc) is 3.02. The number of aliphatic hydroxyl groups excluding tert-OH is 1. The number of amides is 2. The van der Waals surface area contributed by atoms with Crippen molar-refractivity contribution in [2.75, 3.05) is 7.05 Å². The molecule has 1 aliphatic carbocycles. The third-order valence-electron chi connectivity index (χ3n) is 5.44. The summed E-state index contributed by atoms with van der Waals surface area (Å²) in [5, 5.41) is 13.9. The molecular formula is C23H28FN3O4. The molecule has 8 heteroatoms. The summed E-state index contributed by atoms with van der Waals surface area (Å²) in [6.45, 7) is 0.558. The predicted molar refractivity (Wildman–Crippen MR) is 113 cm³/mol. The van der Waals surface area contributed by atoms with E-state index in [1.165, 1.54) is 18.2 Å². The van der Waals surface area contributed by atoms with Crippen LogP contribution in [0.3, 0.4) is 0 Å². The first kappa shape index (κ1) is 22.7. The molecule has 7 nitrogen and oxygen atoms in total. The topological polar surface area (TPSA) is 105 Å². The highest BCUT2D eigenvalue weighted by Gasteiger charge is 2.46. The first-order chi connectivity index (χ1) is 14.8. The van der Waals surface area contributed by atoms with Gasteiger partial charge < -0.3 is 20.9 Å². The van der Waals surface area contributed by atoms with Crippen molar-refractivity contribution in [3.8, 4) is 5.75 Å². The summed E-state index contributed by atoms with van der Waals surface area (Å²) in [6.07, 6.45) is -1.28. The highest BCUT2D eigenvalue weighted by Crippen LogP contribution is 2.30. The summed E-state index contributed by atoms with van der Waals surface area (Å²) in [6, 6.07) is 14.7. The Morgan fingerprint density at radius 2 is 1.94 bits per heavy atom. The lowest BCUT2D eigenvalue weighted by molar-refractivity contribution is -0.125. The zero-order chi connectivity index (χ0) is 22.4. The first-order valence-corrected chi connectivity index (χ1v) is 10.3. The molecule has 0 radical (unpaired) electrons. The Labute approximate surface area is 181 Å². The Morgan fingerprint density at radius 3 is 2.61 bits per heavy atom. The van der Waals surface area contributed by atoms with Crippen LogP contribution in [0.5, 0.6) is 5.75 Å². The molecule has 31 heavy (non-hydrogen) atoms. The molecule has 0 saturated heterocycles. The van der Waals surface area contributed by atoms with Crippen molar-refractivity contribution in [1.29, 1.82) is 0 Å². The number of carbonyl (C=O) groups is 2. The summed E-state index contributed by atoms with van der Waals surface area (Å²) in [5.41, 5.74) is 6.20. The van der Waals surface area contributed by atoms with E-state index in [0.717, 1.165) is 5.56 Å². The van der Waals surface area contributed by atoms with Gasteiger partial charge in [-0.05, 0) is 24.7 Å². The van der Waals surface area contributed by atoms with Crippen LogP contribution in [0.4, 0.5) is 4.39 Å². The third kappa shape index (κ3) is 6.26. The van der Waals surface area contributed by atoms with Crippen LogP contribution in [0.15, 0.2) is 54.6 Å². The van der Waals surface area contributed by atoms with Gasteiger partial charge in [-0.2, -0.15) is 0 Å². The molecule has 2 amide bonds. The molecule has 1 saturated carbocycles. The number of nitrogens with one attached hydrogen (secondary N) is 1. The van der Waals surface area contributed by atoms with E-state index in [1.807, 2.05) is 42.3 Å². The van der Waals surface area contributed by atoms with E-state index in [0.29, 0.717) is 18.7 Å². The number of rotatable bonds is 9. The van der Waals surface area contributed by atoms with Crippen molar-refractivity contribution in [3.05, 3.63) is 66.0 Å². The molecule has 0 bridgehead atoms. The Morgan fingerprint density at radius 1 is 1.19 bits per heavy atom. The summed E-state index contributed by atoms with van der Waals surface area (Å²) in [7, 11) is 1.87. The molecule has 4 N–H and O–H groups in total. The zero-order valence-electron chi connectivity index (χ0n) is 17.4. The van der Waals surface area contributed by atoms with Gasteiger partial charge in [0.1, 0.15) is 23.8 Å². The number of nitrogens with zero attached hydrogens (tertiary/aromatic N) is 1. The fourth-order valence-electron chi connectivity index (χ4n) is 4.02. The molecule has 3 rings (SSSR count). The van der Waals surface area contributed by atoms with Crippen molar-refractivity contribution < 1.29 is 23.8 Å². The standard InChI is InChI=1S/C23H28FN3O4/c1-27(14-15-6-3-2-4-7-15)22-18(26-21(29)11-10-20(25)28)13-19(23(22)30)31-17-9-5-8-16(24)12-17/h2-9,12,18-19,22-23,30H,10-11,13-14H2,1H3,(H2,25,28)(H,26,29)/t18-,19-,22+,23+/m1/s1. The molecule has 166 valence electrons. The van der Waals surface area contributed by atoms with Crippen LogP contribution in [0.1, 0.15) is 24.8 Å². The smallest absolute Gasteiger partial charge is 0.220 e. The molecule has 0 spiro atoms. The van der Waals surface area contributed by atoms with Crippen molar-refractivity contribution in [2.45, 2.75) is 50.1 Å². The van der Waals surface area contributed by atoms with Crippen LogP contribution in [-0.4, -0.2) is 53.2 Å². The third-order valence-corrected chi connectivity index (χ3v) is 5.44. The van der Waals surface area contributed by atoms with Gasteiger partial charge in [0.05, 0.1) is 12.1 Å². The van der Waals surface area contributed by atoms with Crippen LogP contribution in [0.2, 0.25) is 0 Å². The number of benzene rings is 2. The van der Waals surface area contributed by atoms with Gasteiger partial charge in [-0.15, -0.1) is 0 Å². The minimum atomic E-state index is -0.918. The molecule has 2 aromatic rings. The lowest BCUT2D eigenvalue weighted by Gasteiger charge is -2.32. The number of aliphatic hydroxyl groups is 1. The Hall–Kier alpha value is -2.97. The molecule has 0 aliphatic heterocycles. The Bertz CT molecular complexity index is 895. The molecule has 0 heterocycles. The monoisotopic (exact) mass is 429 g/mol. The summed E-state index contributed by atoms with van der Waals surface area (Å²) >= 11 is 0. The number of ether oxygens (including phenoxy) is 1. The van der Waals surface area contributed by atoms with Crippen molar-refractivity contribution >= 4 is 11.8 Å². The van der Waals surface area contributed by atoms with Gasteiger partial charge in [0.25, 0.3) is 0 Å². The minimum absolute atomic E-state index is 0.0214. The fraction of sp³-hybridized carbons (Fsp3) is 0.391. The molecule has 2 aromatic carbocycles. The number of nitrogens with two attached hydrogens (primary N) is 1. The molecule has 1 fully saturated rings. The lowest BCUT2D eigenvalue weighted by atomic mass is 10.1. The first-order valence-electron chi connectivity index (χ1n) is 10.3. The van der Waals surface area contributed by atoms with E-state index in [1.54, 1.807) is 6.07 Å². The molecule has 0 aromatic heterocycles. The van der Waals surface area contributed by atoms with Gasteiger partial charge in [-0.1, -0.05) is 36.4 Å². The largest absolute Gasteiger partial charge is 0.487 e. The average molecular weight is 429 g/mol. The lowest BCUT2D eigenvalue weighted by Crippen LogP contribution is -2.51. The Balaban J connectivity index is 1.75. The van der Waals surface area contributed by atoms with Crippen molar-refractivity contribution in [3.63, 3.8) is 0 Å². The van der Waals surface area contributed by atoms with Crippen LogP contribution in [0, 0.1) is 5.82 Å². The van der Waals surface area contributed by atoms with Gasteiger partial charge in [0.2, 0.25) is 11.8 Å². The molecule has 4 atom stereocenters. The van der Waals surface area contributed by atoms with Gasteiger partial charge in [0, 0.05) is 31.9 Å². The number of hydrogen-bond donors (Lipinski definition) is 3. The van der Waals surface area contributed by atoms with E-state index < -0.39 is 36.0 Å². The number of carbonyl (C=O) groups excluding carboxylic acids is 2. The van der Waals surface area contributed by atoms with E-state index >= 15 is 0 Å². The number of likely N-dealkylation sites (N-methyl/N-ethyl adjacent to an activating group) is 1. The van der Waals surface area contributed by atoms with E-state index in [4.69, 9.17) is 10.5 Å². The van der Waals surface area contributed by atoms with Crippen LogP contribution >= 0.6 is 0 Å². The number of halogens is 1. The van der Waals surface area contributed by atoms with Gasteiger partial charge >= 0.3 is 0 Å². The van der Waals surface area contributed by atoms with Crippen molar-refractivity contribution in [1.82, 2.24) is 10.2 Å². The fourth-order valence-corrected chi connectivity index (χ4v) is 4.02. The van der Waals surface area contributed by atoms with Crippen LogP contribution < -0.4 is 15.8 Å². The summed E-state index contributed by atoms with van der Waals surface area (Å²) < 4.78 is 19.4. The number of hydrogen-bond acceptors (Lipinski definition) is 5. The second-order valence-electron chi connectivity index (χ2n) is 7.87. The SMILES string of the molecule is CN(Cc1ccccc1)[C@@H]1[C@@H](O)[C@H](Oc2cccc(F)c2)C[C@H]1NC(=O)CCC(N)=O. The van der Waals surface area contributed by atoms with E-state index in [9.17, 15) is 19.1 Å². The van der Waals surface area contributed by atoms with Gasteiger partial charge in [-0.3, -0.25) is 14.5 Å². The van der Waals surface area contributed by atoms with E-state index in [-0.39, 0.29) is 18.7 Å². The maximum absolute atomic E-state index is 13.5. The molecule has 1 aliphatic rings. The van der Waals surface area contributed by atoms with Crippen LogP contribution in [0.25, 0.3) is 0 Å². The maximum atomic E-state index is 13.5. The van der Waals surface area contributed by atoms with E-state index in [2.05, 4.69) is 5.32 Å². The second kappa shape index (κ2) is 10.4. The van der Waals surface area contributed by atoms with Crippen LogP contribution in [-0.2, 0) is 16.1 Å². The highest BCUT2D eigenvalue weighted by molar-refractivity contribution is 5.83. The normalized spacial score (nSPS) is 23.0. The Kier molecular flexibility index (Phi) is 7.59. The maximum Gasteiger partial charge on any atom is 0.220 e. The minimum Gasteiger partial charge on any atom is -0.487 e. The van der Waals surface area contributed by atoms with Gasteiger partial charge in [-0.25, -0.2) is 4.39 Å². The predicted octanol–water partition coefficient (Wildman–Crippen LogP) is 1.59. The second-order valence-corrected chi connectivity index (χ2v) is 7.87. The van der Waals surface area contributed by atoms with Gasteiger partial charge in [0.15, 0.2) is 0 Å². The molecular weight excluding hydrogens is 401 g/mol. The summed E-state index contributed by atoms with van der Waals surface area (Å²) in [4.78, 5) is 25.3.